The van der Waals surface area contributed by atoms with E-state index in [9.17, 15) is 9.18 Å². The quantitative estimate of drug-likeness (QED) is 0.496. The Bertz CT molecular complexity index is 994. The average Bonchev–Trinajstić information content (AvgIpc) is 3.14. The summed E-state index contributed by atoms with van der Waals surface area (Å²) in [6, 6.07) is 15.6. The highest BCUT2D eigenvalue weighted by Gasteiger charge is 2.25. The number of amides is 1. The number of carbonyl (C=O) groups excluding carboxylic acids is 1. The van der Waals surface area contributed by atoms with Gasteiger partial charge in [-0.15, -0.1) is 10.2 Å². The third-order valence-electron chi connectivity index (χ3n) is 4.40. The Morgan fingerprint density at radius 2 is 1.70 bits per heavy atom. The van der Waals surface area contributed by atoms with Crippen molar-refractivity contribution in [2.45, 2.75) is 50.2 Å². The van der Waals surface area contributed by atoms with E-state index in [0.29, 0.717) is 11.0 Å². The molecule has 1 heterocycles. The number of nitrogens with zero attached hydrogens (tertiary/aromatic N) is 3. The largest absolute Gasteiger partial charge is 0.480 e. The predicted molar refractivity (Wildman–Crippen MR) is 116 cm³/mol. The highest BCUT2D eigenvalue weighted by Crippen LogP contribution is 2.30. The molecule has 1 aromatic heterocycles. The van der Waals surface area contributed by atoms with Gasteiger partial charge in [-0.25, -0.2) is 4.39 Å². The number of rotatable bonds is 8. The van der Waals surface area contributed by atoms with Gasteiger partial charge in [-0.1, -0.05) is 42.1 Å². The summed E-state index contributed by atoms with van der Waals surface area (Å²) in [6.07, 6.45) is -0.514. The van der Waals surface area contributed by atoms with Crippen LogP contribution in [0.1, 0.15) is 45.7 Å². The smallest absolute Gasteiger partial charge is 0.237 e. The van der Waals surface area contributed by atoms with Gasteiger partial charge < -0.3 is 14.6 Å². The van der Waals surface area contributed by atoms with E-state index in [0.717, 1.165) is 5.69 Å². The standard InChI is InChI=1S/C22H25FN4O2S/c1-14(2)27-20(15(3)29-19-13-9-8-12-18(19)23)25-26-22(27)30-16(4)21(28)24-17-10-6-5-7-11-17/h5-16H,1-4H3,(H,24,28). The zero-order chi connectivity index (χ0) is 21.7. The summed E-state index contributed by atoms with van der Waals surface area (Å²) < 4.78 is 21.7. The molecule has 0 fully saturated rings. The highest BCUT2D eigenvalue weighted by atomic mass is 32.2. The summed E-state index contributed by atoms with van der Waals surface area (Å²) in [5.41, 5.74) is 0.743. The number of ether oxygens (including phenoxy) is 1. The van der Waals surface area contributed by atoms with Crippen LogP contribution >= 0.6 is 11.8 Å². The molecule has 1 N–H and O–H groups in total. The Hall–Kier alpha value is -2.87. The van der Waals surface area contributed by atoms with E-state index < -0.39 is 11.9 Å². The number of hydrogen-bond acceptors (Lipinski definition) is 5. The lowest BCUT2D eigenvalue weighted by Gasteiger charge is -2.20. The van der Waals surface area contributed by atoms with Crippen molar-refractivity contribution in [3.63, 3.8) is 0 Å². The molecule has 30 heavy (non-hydrogen) atoms. The van der Waals surface area contributed by atoms with Gasteiger partial charge in [0.2, 0.25) is 5.91 Å². The van der Waals surface area contributed by atoms with Gasteiger partial charge in [-0.05, 0) is 52.0 Å². The van der Waals surface area contributed by atoms with Crippen LogP contribution in [0.25, 0.3) is 0 Å². The SMILES string of the molecule is CC(Sc1nnc(C(C)Oc2ccccc2F)n1C(C)C)C(=O)Nc1ccccc1. The van der Waals surface area contributed by atoms with E-state index in [1.807, 2.05) is 55.7 Å². The molecule has 0 spiro atoms. The Balaban J connectivity index is 1.75. The van der Waals surface area contributed by atoms with Crippen LogP contribution < -0.4 is 10.1 Å². The van der Waals surface area contributed by atoms with E-state index in [4.69, 9.17) is 4.74 Å². The fourth-order valence-electron chi connectivity index (χ4n) is 2.89. The molecule has 1 amide bonds. The van der Waals surface area contributed by atoms with Gasteiger partial charge in [-0.3, -0.25) is 4.79 Å². The molecule has 2 unspecified atom stereocenters. The van der Waals surface area contributed by atoms with Crippen molar-refractivity contribution in [1.82, 2.24) is 14.8 Å². The topological polar surface area (TPSA) is 69.0 Å². The minimum absolute atomic E-state index is 0.0357. The molecule has 158 valence electrons. The van der Waals surface area contributed by atoms with Crippen molar-refractivity contribution in [1.29, 1.82) is 0 Å². The minimum Gasteiger partial charge on any atom is -0.480 e. The summed E-state index contributed by atoms with van der Waals surface area (Å²) in [4.78, 5) is 12.6. The molecule has 8 heteroatoms. The predicted octanol–water partition coefficient (Wildman–Crippen LogP) is 5.26. The Morgan fingerprint density at radius 1 is 1.03 bits per heavy atom. The molecule has 2 aromatic carbocycles. The summed E-state index contributed by atoms with van der Waals surface area (Å²) in [7, 11) is 0. The second kappa shape index (κ2) is 9.75. The Kier molecular flexibility index (Phi) is 7.10. The van der Waals surface area contributed by atoms with Crippen LogP contribution in [-0.2, 0) is 4.79 Å². The lowest BCUT2D eigenvalue weighted by Crippen LogP contribution is -2.23. The van der Waals surface area contributed by atoms with Gasteiger partial charge in [0.05, 0.1) is 5.25 Å². The molecule has 0 aliphatic heterocycles. The van der Waals surface area contributed by atoms with Crippen LogP contribution in [0, 0.1) is 5.82 Å². The number of aromatic nitrogens is 3. The zero-order valence-electron chi connectivity index (χ0n) is 17.4. The number of nitrogens with one attached hydrogen (secondary N) is 1. The molecule has 6 nitrogen and oxygen atoms in total. The molecular weight excluding hydrogens is 403 g/mol. The van der Waals surface area contributed by atoms with E-state index in [1.54, 1.807) is 25.1 Å². The number of benzene rings is 2. The lowest BCUT2D eigenvalue weighted by molar-refractivity contribution is -0.115. The molecule has 0 aliphatic carbocycles. The third-order valence-corrected chi connectivity index (χ3v) is 5.46. The van der Waals surface area contributed by atoms with Crippen LogP contribution in [0.2, 0.25) is 0 Å². The molecule has 0 aliphatic rings. The van der Waals surface area contributed by atoms with E-state index in [-0.39, 0.29) is 22.9 Å². The second-order valence-corrected chi connectivity index (χ2v) is 8.42. The van der Waals surface area contributed by atoms with Gasteiger partial charge >= 0.3 is 0 Å². The number of thioether (sulfide) groups is 1. The molecule has 0 saturated heterocycles. The molecule has 0 saturated carbocycles. The van der Waals surface area contributed by atoms with Crippen LogP contribution in [0.5, 0.6) is 5.75 Å². The molecule has 3 rings (SSSR count). The summed E-state index contributed by atoms with van der Waals surface area (Å²) in [5, 5.41) is 11.7. The summed E-state index contributed by atoms with van der Waals surface area (Å²) in [5.74, 6) is 0.182. The van der Waals surface area contributed by atoms with Crippen molar-refractivity contribution in [3.8, 4) is 5.75 Å². The van der Waals surface area contributed by atoms with E-state index >= 15 is 0 Å². The summed E-state index contributed by atoms with van der Waals surface area (Å²) in [6.45, 7) is 7.62. The monoisotopic (exact) mass is 428 g/mol. The first-order valence-corrected chi connectivity index (χ1v) is 10.6. The van der Waals surface area contributed by atoms with Gasteiger partial charge in [-0.2, -0.15) is 0 Å². The maximum absolute atomic E-state index is 14.0. The molecule has 0 bridgehead atoms. The van der Waals surface area contributed by atoms with Gasteiger partial charge in [0.25, 0.3) is 0 Å². The first-order chi connectivity index (χ1) is 14.4. The lowest BCUT2D eigenvalue weighted by atomic mass is 10.3. The third kappa shape index (κ3) is 5.18. The maximum atomic E-state index is 14.0. The molecule has 3 aromatic rings. The normalized spacial score (nSPS) is 13.1. The Labute approximate surface area is 179 Å². The van der Waals surface area contributed by atoms with Gasteiger partial charge in [0.1, 0.15) is 0 Å². The van der Waals surface area contributed by atoms with Crippen LogP contribution in [0.15, 0.2) is 59.8 Å². The van der Waals surface area contributed by atoms with Crippen LogP contribution in [0.4, 0.5) is 10.1 Å². The number of anilines is 1. The molecule has 2 atom stereocenters. The average molecular weight is 429 g/mol. The first kappa shape index (κ1) is 21.8. The van der Waals surface area contributed by atoms with E-state index in [2.05, 4.69) is 15.5 Å². The zero-order valence-corrected chi connectivity index (χ0v) is 18.2. The van der Waals surface area contributed by atoms with E-state index in [1.165, 1.54) is 17.8 Å². The molecular formula is C22H25FN4O2S. The summed E-state index contributed by atoms with van der Waals surface area (Å²) >= 11 is 1.32. The van der Waals surface area contributed by atoms with Crippen LogP contribution in [-0.4, -0.2) is 25.9 Å². The highest BCUT2D eigenvalue weighted by molar-refractivity contribution is 8.00. The van der Waals surface area contributed by atoms with Gasteiger partial charge in [0, 0.05) is 11.7 Å². The number of halogens is 1. The van der Waals surface area contributed by atoms with Crippen LogP contribution in [0.3, 0.4) is 0 Å². The molecule has 0 radical (unpaired) electrons. The fraction of sp³-hybridized carbons (Fsp3) is 0.318. The van der Waals surface area contributed by atoms with Crippen molar-refractivity contribution < 1.29 is 13.9 Å². The number of carbonyl (C=O) groups is 1. The van der Waals surface area contributed by atoms with Crippen molar-refractivity contribution >= 4 is 23.4 Å². The first-order valence-electron chi connectivity index (χ1n) is 9.75. The second-order valence-electron chi connectivity index (χ2n) is 7.11. The maximum Gasteiger partial charge on any atom is 0.237 e. The number of hydrogen-bond donors (Lipinski definition) is 1. The number of para-hydroxylation sites is 2. The van der Waals surface area contributed by atoms with Gasteiger partial charge in [0.15, 0.2) is 28.7 Å². The Morgan fingerprint density at radius 3 is 2.37 bits per heavy atom. The van der Waals surface area contributed by atoms with Crippen molar-refractivity contribution in [2.75, 3.05) is 5.32 Å². The fourth-order valence-corrected chi connectivity index (χ4v) is 3.88. The van der Waals surface area contributed by atoms with Crippen molar-refractivity contribution in [2.24, 2.45) is 0 Å². The van der Waals surface area contributed by atoms with Crippen molar-refractivity contribution in [3.05, 3.63) is 66.2 Å². The minimum atomic E-state index is -0.514.